The number of nitrogens with one attached hydrogen (secondary N) is 2. The van der Waals surface area contributed by atoms with Crippen LogP contribution in [0.25, 0.3) is 0 Å². The van der Waals surface area contributed by atoms with E-state index >= 15 is 0 Å². The van der Waals surface area contributed by atoms with E-state index in [1.165, 1.54) is 12.1 Å². The maximum atomic E-state index is 12.8. The predicted octanol–water partition coefficient (Wildman–Crippen LogP) is 0.0215. The summed E-state index contributed by atoms with van der Waals surface area (Å²) in [7, 11) is 0. The SMILES string of the molecule is NCCNC(=O)C(=O)Nc1ccc2c(c1)OC(F)(F)O2. The number of fused-ring (bicyclic) bond motifs is 1. The van der Waals surface area contributed by atoms with Gasteiger partial charge in [-0.25, -0.2) is 0 Å². The molecule has 2 amide bonds. The fourth-order valence-electron chi connectivity index (χ4n) is 1.48. The monoisotopic (exact) mass is 287 g/mol. The summed E-state index contributed by atoms with van der Waals surface area (Å²) in [6.07, 6.45) is -3.73. The molecule has 2 rings (SSSR count). The second kappa shape index (κ2) is 5.29. The number of ether oxygens (including phenoxy) is 2. The van der Waals surface area contributed by atoms with Crippen LogP contribution in [-0.2, 0) is 9.59 Å². The van der Waals surface area contributed by atoms with Crippen molar-refractivity contribution in [3.8, 4) is 11.5 Å². The fraction of sp³-hybridized carbons (Fsp3) is 0.273. The third-order valence-corrected chi connectivity index (χ3v) is 2.30. The van der Waals surface area contributed by atoms with Crippen LogP contribution in [0, 0.1) is 0 Å². The molecule has 1 aromatic carbocycles. The lowest BCUT2D eigenvalue weighted by molar-refractivity contribution is -0.286. The smallest absolute Gasteiger partial charge is 0.395 e. The van der Waals surface area contributed by atoms with Crippen LogP contribution in [0.2, 0.25) is 0 Å². The summed E-state index contributed by atoms with van der Waals surface area (Å²) in [6, 6.07) is 3.63. The number of halogens is 2. The fourth-order valence-corrected chi connectivity index (χ4v) is 1.48. The molecule has 0 unspecified atom stereocenters. The van der Waals surface area contributed by atoms with Crippen molar-refractivity contribution in [3.05, 3.63) is 18.2 Å². The van der Waals surface area contributed by atoms with E-state index in [1.54, 1.807) is 0 Å². The molecule has 0 saturated carbocycles. The summed E-state index contributed by atoms with van der Waals surface area (Å²) >= 11 is 0. The van der Waals surface area contributed by atoms with Gasteiger partial charge in [0.25, 0.3) is 0 Å². The Labute approximate surface area is 112 Å². The normalized spacial score (nSPS) is 14.8. The van der Waals surface area contributed by atoms with Crippen molar-refractivity contribution in [1.82, 2.24) is 5.32 Å². The zero-order valence-electron chi connectivity index (χ0n) is 10.1. The van der Waals surface area contributed by atoms with Crippen LogP contribution in [-0.4, -0.2) is 31.2 Å². The average Bonchev–Trinajstić information content (AvgIpc) is 2.68. The minimum atomic E-state index is -3.73. The van der Waals surface area contributed by atoms with Crippen LogP contribution >= 0.6 is 0 Å². The number of alkyl halides is 2. The van der Waals surface area contributed by atoms with E-state index in [1.807, 2.05) is 0 Å². The zero-order chi connectivity index (χ0) is 14.8. The highest BCUT2D eigenvalue weighted by Gasteiger charge is 2.43. The van der Waals surface area contributed by atoms with Crippen molar-refractivity contribution >= 4 is 17.5 Å². The van der Waals surface area contributed by atoms with Crippen molar-refractivity contribution in [2.75, 3.05) is 18.4 Å². The number of hydrogen-bond donors (Lipinski definition) is 3. The molecular formula is C11H11F2N3O4. The van der Waals surface area contributed by atoms with Gasteiger partial charge in [-0.3, -0.25) is 9.59 Å². The highest BCUT2D eigenvalue weighted by molar-refractivity contribution is 6.39. The van der Waals surface area contributed by atoms with E-state index in [9.17, 15) is 18.4 Å². The van der Waals surface area contributed by atoms with Crippen LogP contribution in [0.4, 0.5) is 14.5 Å². The second-order valence-electron chi connectivity index (χ2n) is 3.83. The lowest BCUT2D eigenvalue weighted by Crippen LogP contribution is -2.37. The molecule has 1 aliphatic rings. The van der Waals surface area contributed by atoms with Crippen LogP contribution in [0.5, 0.6) is 11.5 Å². The summed E-state index contributed by atoms with van der Waals surface area (Å²) in [5, 5.41) is 4.50. The van der Waals surface area contributed by atoms with Gasteiger partial charge in [0.05, 0.1) is 0 Å². The first-order valence-electron chi connectivity index (χ1n) is 5.60. The largest absolute Gasteiger partial charge is 0.586 e. The summed E-state index contributed by atoms with van der Waals surface area (Å²) in [6.45, 7) is 0.345. The molecule has 0 bridgehead atoms. The maximum absolute atomic E-state index is 12.8. The minimum absolute atomic E-state index is 0.123. The highest BCUT2D eigenvalue weighted by atomic mass is 19.3. The quantitative estimate of drug-likeness (QED) is 0.680. The molecule has 0 aromatic heterocycles. The number of amides is 2. The Morgan fingerprint density at radius 2 is 1.90 bits per heavy atom. The molecule has 1 heterocycles. The van der Waals surface area contributed by atoms with E-state index in [0.717, 1.165) is 6.07 Å². The third-order valence-electron chi connectivity index (χ3n) is 2.30. The Balaban J connectivity index is 2.02. The Morgan fingerprint density at radius 3 is 2.60 bits per heavy atom. The molecule has 20 heavy (non-hydrogen) atoms. The molecule has 0 atom stereocenters. The topological polar surface area (TPSA) is 103 Å². The number of carbonyl (C=O) groups excluding carboxylic acids is 2. The van der Waals surface area contributed by atoms with Crippen LogP contribution in [0.1, 0.15) is 0 Å². The van der Waals surface area contributed by atoms with Crippen LogP contribution in [0.3, 0.4) is 0 Å². The molecule has 1 aliphatic heterocycles. The van der Waals surface area contributed by atoms with E-state index < -0.39 is 18.1 Å². The molecule has 0 spiro atoms. The average molecular weight is 287 g/mol. The first-order chi connectivity index (χ1) is 9.41. The predicted molar refractivity (Wildman–Crippen MR) is 63.3 cm³/mol. The Bertz CT molecular complexity index is 550. The van der Waals surface area contributed by atoms with Crippen molar-refractivity contribution < 1.29 is 27.8 Å². The van der Waals surface area contributed by atoms with E-state index in [2.05, 4.69) is 20.1 Å². The molecule has 0 radical (unpaired) electrons. The molecule has 0 aliphatic carbocycles. The van der Waals surface area contributed by atoms with Gasteiger partial charge in [-0.2, -0.15) is 0 Å². The molecule has 0 saturated heterocycles. The second-order valence-corrected chi connectivity index (χ2v) is 3.83. The molecule has 7 nitrogen and oxygen atoms in total. The van der Waals surface area contributed by atoms with Gasteiger partial charge in [0.1, 0.15) is 0 Å². The number of carbonyl (C=O) groups is 2. The number of hydrogen-bond acceptors (Lipinski definition) is 5. The summed E-state index contributed by atoms with van der Waals surface area (Å²) in [5.41, 5.74) is 5.29. The van der Waals surface area contributed by atoms with Gasteiger partial charge in [-0.05, 0) is 12.1 Å². The van der Waals surface area contributed by atoms with E-state index in [-0.39, 0.29) is 30.3 Å². The molecule has 0 fully saturated rings. The number of nitrogens with two attached hydrogens (primary N) is 1. The third kappa shape index (κ3) is 3.12. The summed E-state index contributed by atoms with van der Waals surface area (Å²) in [4.78, 5) is 22.8. The van der Waals surface area contributed by atoms with Crippen molar-refractivity contribution in [2.24, 2.45) is 5.73 Å². The molecule has 1 aromatic rings. The molecule has 4 N–H and O–H groups in total. The van der Waals surface area contributed by atoms with Gasteiger partial charge >= 0.3 is 18.1 Å². The van der Waals surface area contributed by atoms with E-state index in [4.69, 9.17) is 5.73 Å². The summed E-state index contributed by atoms with van der Waals surface area (Å²) in [5.74, 6) is -2.20. The zero-order valence-corrected chi connectivity index (χ0v) is 10.1. The molecule has 108 valence electrons. The lowest BCUT2D eigenvalue weighted by Gasteiger charge is -2.06. The molecular weight excluding hydrogens is 276 g/mol. The highest BCUT2D eigenvalue weighted by Crippen LogP contribution is 2.42. The van der Waals surface area contributed by atoms with Gasteiger partial charge < -0.3 is 25.8 Å². The van der Waals surface area contributed by atoms with Gasteiger partial charge in [0.2, 0.25) is 0 Å². The van der Waals surface area contributed by atoms with Crippen molar-refractivity contribution in [2.45, 2.75) is 6.29 Å². The van der Waals surface area contributed by atoms with Gasteiger partial charge in [0.15, 0.2) is 11.5 Å². The number of benzene rings is 1. The first kappa shape index (κ1) is 14.0. The maximum Gasteiger partial charge on any atom is 0.586 e. The molecule has 9 heteroatoms. The first-order valence-corrected chi connectivity index (χ1v) is 5.60. The van der Waals surface area contributed by atoms with Gasteiger partial charge in [-0.15, -0.1) is 8.78 Å². The number of rotatable bonds is 3. The number of anilines is 1. The summed E-state index contributed by atoms with van der Waals surface area (Å²) < 4.78 is 34.0. The van der Waals surface area contributed by atoms with Crippen LogP contribution < -0.4 is 25.8 Å². The lowest BCUT2D eigenvalue weighted by atomic mass is 10.2. The van der Waals surface area contributed by atoms with Crippen LogP contribution in [0.15, 0.2) is 18.2 Å². The van der Waals surface area contributed by atoms with E-state index in [0.29, 0.717) is 0 Å². The van der Waals surface area contributed by atoms with Gasteiger partial charge in [0, 0.05) is 24.8 Å². The van der Waals surface area contributed by atoms with Gasteiger partial charge in [-0.1, -0.05) is 0 Å². The standard InChI is InChI=1S/C11H11F2N3O4/c12-11(13)19-7-2-1-6(5-8(7)20-11)16-10(18)9(17)15-4-3-14/h1-2,5H,3-4,14H2,(H,15,17)(H,16,18). The Morgan fingerprint density at radius 1 is 1.20 bits per heavy atom. The van der Waals surface area contributed by atoms with Crippen molar-refractivity contribution in [1.29, 1.82) is 0 Å². The Kier molecular flexibility index (Phi) is 3.70. The van der Waals surface area contributed by atoms with Crippen molar-refractivity contribution in [3.63, 3.8) is 0 Å². The Hall–Kier alpha value is -2.42. The minimum Gasteiger partial charge on any atom is -0.395 e.